The maximum absolute atomic E-state index is 12.3. The molecule has 0 aliphatic heterocycles. The molecule has 4 atom stereocenters. The molecule has 0 aromatic carbocycles. The van der Waals surface area contributed by atoms with Crippen LogP contribution in [-0.2, 0) is 19.2 Å². The minimum Gasteiger partial charge on any atom is -0.480 e. The van der Waals surface area contributed by atoms with Gasteiger partial charge in [0.2, 0.25) is 17.7 Å². The number of rotatable bonds is 15. The minimum atomic E-state index is -1.31. The molecule has 0 saturated heterocycles. The Labute approximate surface area is 185 Å². The fraction of sp³-hybridized carbons (Fsp3) is 0.706. The number of nitrogens with two attached hydrogens (primary N) is 3. The molecule has 4 unspecified atom stereocenters. The third-order valence-electron chi connectivity index (χ3n) is 4.10. The number of nitrogens with zero attached hydrogens (tertiary/aromatic N) is 1. The summed E-state index contributed by atoms with van der Waals surface area (Å²) in [5.41, 5.74) is 16.1. The standard InChI is InChI=1S/C17H33N7O6S/c1-9(13(26)23-11(16(29)30)4-3-6-21-17(19)20)22-15(28)12(8-25)24-14(27)10(18)5-7-31-2/h9-12,25H,3-8,18H2,1-2H3,(H,22,28)(H,23,26)(H,24,27)(H,29,30)(H4,19,20,21). The number of amides is 3. The lowest BCUT2D eigenvalue weighted by Gasteiger charge is -2.22. The zero-order chi connectivity index (χ0) is 24.0. The van der Waals surface area contributed by atoms with Gasteiger partial charge in [-0.2, -0.15) is 11.8 Å². The van der Waals surface area contributed by atoms with Crippen molar-refractivity contribution in [1.29, 1.82) is 0 Å². The van der Waals surface area contributed by atoms with Gasteiger partial charge in [-0.3, -0.25) is 19.4 Å². The predicted molar refractivity (Wildman–Crippen MR) is 117 cm³/mol. The monoisotopic (exact) mass is 463 g/mol. The molecule has 13 nitrogen and oxygen atoms in total. The fourth-order valence-corrected chi connectivity index (χ4v) is 2.78. The average Bonchev–Trinajstić information content (AvgIpc) is 2.71. The highest BCUT2D eigenvalue weighted by Gasteiger charge is 2.27. The topological polar surface area (TPSA) is 235 Å². The number of carboxylic acids is 1. The summed E-state index contributed by atoms with van der Waals surface area (Å²) < 4.78 is 0. The molecular formula is C17H33N7O6S. The second kappa shape index (κ2) is 15.3. The van der Waals surface area contributed by atoms with E-state index in [2.05, 4.69) is 20.9 Å². The molecule has 0 heterocycles. The van der Waals surface area contributed by atoms with Crippen LogP contribution in [0.3, 0.4) is 0 Å². The van der Waals surface area contributed by atoms with Gasteiger partial charge in [0.05, 0.1) is 12.6 Å². The Morgan fingerprint density at radius 3 is 2.13 bits per heavy atom. The van der Waals surface area contributed by atoms with Crippen molar-refractivity contribution in [2.45, 2.75) is 50.4 Å². The van der Waals surface area contributed by atoms with Gasteiger partial charge in [-0.15, -0.1) is 0 Å². The third kappa shape index (κ3) is 12.0. The number of carbonyl (C=O) groups is 4. The normalized spacial score (nSPS) is 14.5. The first kappa shape index (κ1) is 28.4. The largest absolute Gasteiger partial charge is 0.480 e. The van der Waals surface area contributed by atoms with Gasteiger partial charge in [0.1, 0.15) is 18.1 Å². The van der Waals surface area contributed by atoms with E-state index in [1.807, 2.05) is 6.26 Å². The van der Waals surface area contributed by atoms with E-state index < -0.39 is 54.5 Å². The summed E-state index contributed by atoms with van der Waals surface area (Å²) >= 11 is 1.51. The first-order valence-corrected chi connectivity index (χ1v) is 11.0. The molecular weight excluding hydrogens is 430 g/mol. The van der Waals surface area contributed by atoms with Crippen LogP contribution in [0.1, 0.15) is 26.2 Å². The van der Waals surface area contributed by atoms with E-state index in [1.54, 1.807) is 0 Å². The first-order chi connectivity index (χ1) is 14.5. The maximum atomic E-state index is 12.3. The van der Waals surface area contributed by atoms with Gasteiger partial charge >= 0.3 is 5.97 Å². The van der Waals surface area contributed by atoms with E-state index in [-0.39, 0.29) is 18.9 Å². The van der Waals surface area contributed by atoms with Crippen LogP contribution in [0.15, 0.2) is 4.99 Å². The molecule has 0 aromatic rings. The second-order valence-corrected chi connectivity index (χ2v) is 7.70. The number of thioether (sulfide) groups is 1. The third-order valence-corrected chi connectivity index (χ3v) is 4.74. The van der Waals surface area contributed by atoms with E-state index >= 15 is 0 Å². The lowest BCUT2D eigenvalue weighted by Crippen LogP contribution is -2.57. The molecule has 11 N–H and O–H groups in total. The first-order valence-electron chi connectivity index (χ1n) is 9.58. The number of carboxylic acid groups (broad SMARTS) is 1. The summed E-state index contributed by atoms with van der Waals surface area (Å²) in [6.07, 6.45) is 2.64. The van der Waals surface area contributed by atoms with Crippen molar-refractivity contribution in [2.75, 3.05) is 25.2 Å². The summed E-state index contributed by atoms with van der Waals surface area (Å²) in [5.74, 6) is -2.89. The highest BCUT2D eigenvalue weighted by atomic mass is 32.2. The Bertz CT molecular complexity index is 644. The summed E-state index contributed by atoms with van der Waals surface area (Å²) in [4.78, 5) is 51.7. The molecule has 178 valence electrons. The number of hydrogen-bond acceptors (Lipinski definition) is 8. The Hall–Kier alpha value is -2.58. The Kier molecular flexibility index (Phi) is 14.0. The van der Waals surface area contributed by atoms with Gasteiger partial charge in [-0.1, -0.05) is 0 Å². The Balaban J connectivity index is 4.74. The molecule has 0 bridgehead atoms. The molecule has 0 aromatic heterocycles. The SMILES string of the molecule is CSCCC(N)C(=O)NC(CO)C(=O)NC(C)C(=O)NC(CCCN=C(N)N)C(=O)O. The van der Waals surface area contributed by atoms with Crippen molar-refractivity contribution in [1.82, 2.24) is 16.0 Å². The quantitative estimate of drug-likeness (QED) is 0.0683. The second-order valence-electron chi connectivity index (χ2n) is 6.71. The number of guanidine groups is 1. The number of aliphatic carboxylic acids is 1. The Morgan fingerprint density at radius 1 is 1.00 bits per heavy atom. The van der Waals surface area contributed by atoms with Crippen LogP contribution in [0.5, 0.6) is 0 Å². The van der Waals surface area contributed by atoms with Gasteiger partial charge in [0.15, 0.2) is 5.96 Å². The number of nitrogens with one attached hydrogen (secondary N) is 3. The van der Waals surface area contributed by atoms with Gasteiger partial charge < -0.3 is 43.4 Å². The molecule has 0 saturated carbocycles. The summed E-state index contributed by atoms with van der Waals surface area (Å²) in [6, 6.07) is -4.48. The molecule has 31 heavy (non-hydrogen) atoms. The minimum absolute atomic E-state index is 0.0712. The van der Waals surface area contributed by atoms with E-state index in [0.29, 0.717) is 18.6 Å². The van der Waals surface area contributed by atoms with E-state index in [4.69, 9.17) is 17.2 Å². The van der Waals surface area contributed by atoms with E-state index in [0.717, 1.165) is 0 Å². The van der Waals surface area contributed by atoms with E-state index in [9.17, 15) is 29.4 Å². The van der Waals surface area contributed by atoms with Crippen molar-refractivity contribution in [2.24, 2.45) is 22.2 Å². The van der Waals surface area contributed by atoms with Crippen LogP contribution in [0.4, 0.5) is 0 Å². The zero-order valence-electron chi connectivity index (χ0n) is 17.7. The smallest absolute Gasteiger partial charge is 0.326 e. The predicted octanol–water partition coefficient (Wildman–Crippen LogP) is -3.33. The van der Waals surface area contributed by atoms with Crippen LogP contribution in [0.25, 0.3) is 0 Å². The number of hydrogen-bond donors (Lipinski definition) is 8. The summed E-state index contributed by atoms with van der Waals surface area (Å²) in [6.45, 7) is 0.834. The number of carbonyl (C=O) groups excluding carboxylic acids is 3. The van der Waals surface area contributed by atoms with Crippen LogP contribution in [-0.4, -0.2) is 89.2 Å². The average molecular weight is 464 g/mol. The molecule has 0 aliphatic rings. The van der Waals surface area contributed by atoms with Crippen LogP contribution >= 0.6 is 11.8 Å². The van der Waals surface area contributed by atoms with Gasteiger partial charge in [0.25, 0.3) is 0 Å². The van der Waals surface area contributed by atoms with Crippen molar-refractivity contribution in [3.8, 4) is 0 Å². The lowest BCUT2D eigenvalue weighted by atomic mass is 10.1. The van der Waals surface area contributed by atoms with Gasteiger partial charge in [-0.05, 0) is 38.2 Å². The van der Waals surface area contributed by atoms with Crippen molar-refractivity contribution >= 4 is 41.4 Å². The van der Waals surface area contributed by atoms with Crippen molar-refractivity contribution < 1.29 is 29.4 Å². The number of aliphatic hydroxyl groups excluding tert-OH is 1. The molecule has 0 rings (SSSR count). The van der Waals surface area contributed by atoms with Crippen LogP contribution in [0.2, 0.25) is 0 Å². The van der Waals surface area contributed by atoms with Crippen molar-refractivity contribution in [3.63, 3.8) is 0 Å². The number of aliphatic imine (C=N–C) groups is 1. The highest BCUT2D eigenvalue weighted by molar-refractivity contribution is 7.98. The van der Waals surface area contributed by atoms with Crippen LogP contribution in [0, 0.1) is 0 Å². The molecule has 3 amide bonds. The Morgan fingerprint density at radius 2 is 1.61 bits per heavy atom. The van der Waals surface area contributed by atoms with Gasteiger partial charge in [0, 0.05) is 6.54 Å². The molecule has 0 aliphatic carbocycles. The highest BCUT2D eigenvalue weighted by Crippen LogP contribution is 2.01. The lowest BCUT2D eigenvalue weighted by molar-refractivity contribution is -0.142. The van der Waals surface area contributed by atoms with E-state index in [1.165, 1.54) is 18.7 Å². The molecule has 0 fully saturated rings. The van der Waals surface area contributed by atoms with Gasteiger partial charge in [-0.25, -0.2) is 4.79 Å². The fourth-order valence-electron chi connectivity index (χ4n) is 2.29. The van der Waals surface area contributed by atoms with Crippen molar-refractivity contribution in [3.05, 3.63) is 0 Å². The zero-order valence-corrected chi connectivity index (χ0v) is 18.5. The summed E-state index contributed by atoms with van der Waals surface area (Å²) in [5, 5.41) is 25.6. The maximum Gasteiger partial charge on any atom is 0.326 e. The van der Waals surface area contributed by atoms with Crippen LogP contribution < -0.4 is 33.2 Å². The molecule has 14 heteroatoms. The number of aliphatic hydroxyl groups is 1. The molecule has 0 spiro atoms. The molecule has 0 radical (unpaired) electrons. The summed E-state index contributed by atoms with van der Waals surface area (Å²) in [7, 11) is 0.